The van der Waals surface area contributed by atoms with Crippen molar-refractivity contribution in [3.05, 3.63) is 29.8 Å². The summed E-state index contributed by atoms with van der Waals surface area (Å²) < 4.78 is 0. The van der Waals surface area contributed by atoms with Gasteiger partial charge in [-0.05, 0) is 30.4 Å². The van der Waals surface area contributed by atoms with Crippen LogP contribution in [-0.2, 0) is 11.3 Å². The molecule has 1 aromatic rings. The van der Waals surface area contributed by atoms with Crippen LogP contribution >= 0.6 is 0 Å². The van der Waals surface area contributed by atoms with Crippen LogP contribution < -0.4 is 11.5 Å². The number of nitrogens with zero attached hydrogens (tertiary/aromatic N) is 1. The van der Waals surface area contributed by atoms with E-state index in [-0.39, 0.29) is 5.91 Å². The Hall–Kier alpha value is -1.55. The Bertz CT molecular complexity index is 415. The third-order valence-corrected chi connectivity index (χ3v) is 3.57. The van der Waals surface area contributed by atoms with E-state index in [1.807, 2.05) is 24.3 Å². The molecule has 1 saturated carbocycles. The minimum Gasteiger partial charge on any atom is -0.398 e. The van der Waals surface area contributed by atoms with Crippen molar-refractivity contribution in [1.29, 1.82) is 0 Å². The molecule has 0 atom stereocenters. The van der Waals surface area contributed by atoms with Gasteiger partial charge in [-0.25, -0.2) is 0 Å². The van der Waals surface area contributed by atoms with E-state index in [1.165, 1.54) is 19.3 Å². The molecule has 4 heteroatoms. The van der Waals surface area contributed by atoms with E-state index in [0.717, 1.165) is 17.8 Å². The Morgan fingerprint density at radius 3 is 2.61 bits per heavy atom. The average Bonchev–Trinajstić information content (AvgIpc) is 2.25. The highest BCUT2D eigenvalue weighted by Crippen LogP contribution is 2.27. The highest BCUT2D eigenvalue weighted by Gasteiger charge is 2.21. The van der Waals surface area contributed by atoms with Gasteiger partial charge in [-0.1, -0.05) is 24.6 Å². The zero-order valence-electron chi connectivity index (χ0n) is 10.6. The van der Waals surface area contributed by atoms with Crippen molar-refractivity contribution < 1.29 is 4.79 Å². The number of nitrogens with two attached hydrogens (primary N) is 2. The standard InChI is InChI=1S/C14H21N3O/c15-13-7-2-1-6-12(13)9-17(10-14(16)18)8-11-4-3-5-11/h1-2,6-7,11H,3-5,8-10,15H2,(H2,16,18). The molecule has 1 aliphatic rings. The number of carbonyl (C=O) groups excluding carboxylic acids is 1. The molecular formula is C14H21N3O. The molecule has 1 amide bonds. The summed E-state index contributed by atoms with van der Waals surface area (Å²) in [6.45, 7) is 1.95. The molecule has 0 bridgehead atoms. The summed E-state index contributed by atoms with van der Waals surface area (Å²) in [4.78, 5) is 13.2. The van der Waals surface area contributed by atoms with Crippen molar-refractivity contribution in [1.82, 2.24) is 4.90 Å². The van der Waals surface area contributed by atoms with Crippen LogP contribution in [0.25, 0.3) is 0 Å². The fourth-order valence-electron chi connectivity index (χ4n) is 2.37. The number of anilines is 1. The van der Waals surface area contributed by atoms with Gasteiger partial charge in [0.15, 0.2) is 0 Å². The van der Waals surface area contributed by atoms with Gasteiger partial charge < -0.3 is 11.5 Å². The highest BCUT2D eigenvalue weighted by molar-refractivity contribution is 5.75. The summed E-state index contributed by atoms with van der Waals surface area (Å²) in [5, 5.41) is 0. The first-order valence-corrected chi connectivity index (χ1v) is 6.49. The van der Waals surface area contributed by atoms with Crippen molar-refractivity contribution in [2.75, 3.05) is 18.8 Å². The number of hydrogen-bond acceptors (Lipinski definition) is 3. The van der Waals surface area contributed by atoms with Crippen LogP contribution in [0.2, 0.25) is 0 Å². The van der Waals surface area contributed by atoms with E-state index in [4.69, 9.17) is 11.5 Å². The van der Waals surface area contributed by atoms with Crippen molar-refractivity contribution >= 4 is 11.6 Å². The number of carbonyl (C=O) groups is 1. The first-order valence-electron chi connectivity index (χ1n) is 6.49. The van der Waals surface area contributed by atoms with Gasteiger partial charge in [0.25, 0.3) is 0 Å². The van der Waals surface area contributed by atoms with E-state index in [9.17, 15) is 4.79 Å². The Balaban J connectivity index is 1.99. The zero-order valence-corrected chi connectivity index (χ0v) is 10.6. The van der Waals surface area contributed by atoms with Crippen LogP contribution in [-0.4, -0.2) is 23.9 Å². The second-order valence-electron chi connectivity index (χ2n) is 5.13. The van der Waals surface area contributed by atoms with Crippen LogP contribution in [0.3, 0.4) is 0 Å². The highest BCUT2D eigenvalue weighted by atomic mass is 16.1. The quantitative estimate of drug-likeness (QED) is 0.745. The maximum Gasteiger partial charge on any atom is 0.231 e. The van der Waals surface area contributed by atoms with E-state index in [0.29, 0.717) is 19.0 Å². The normalized spacial score (nSPS) is 15.6. The lowest BCUT2D eigenvalue weighted by Crippen LogP contribution is -2.38. The average molecular weight is 247 g/mol. The van der Waals surface area contributed by atoms with Gasteiger partial charge in [0.05, 0.1) is 6.54 Å². The third-order valence-electron chi connectivity index (χ3n) is 3.57. The summed E-state index contributed by atoms with van der Waals surface area (Å²) in [6, 6.07) is 7.78. The minimum absolute atomic E-state index is 0.274. The second-order valence-corrected chi connectivity index (χ2v) is 5.13. The van der Waals surface area contributed by atoms with Crippen LogP contribution in [0.1, 0.15) is 24.8 Å². The van der Waals surface area contributed by atoms with Gasteiger partial charge in [-0.15, -0.1) is 0 Å². The molecule has 0 aliphatic heterocycles. The maximum atomic E-state index is 11.1. The Morgan fingerprint density at radius 1 is 1.33 bits per heavy atom. The second kappa shape index (κ2) is 5.87. The molecule has 18 heavy (non-hydrogen) atoms. The van der Waals surface area contributed by atoms with Gasteiger partial charge in [-0.2, -0.15) is 0 Å². The Morgan fingerprint density at radius 2 is 2.06 bits per heavy atom. The first-order chi connectivity index (χ1) is 8.65. The molecule has 0 aromatic heterocycles. The predicted molar refractivity (Wildman–Crippen MR) is 72.7 cm³/mol. The molecule has 4 N–H and O–H groups in total. The van der Waals surface area contributed by atoms with Crippen molar-refractivity contribution in [3.63, 3.8) is 0 Å². The monoisotopic (exact) mass is 247 g/mol. The molecule has 0 unspecified atom stereocenters. The number of nitrogen functional groups attached to an aromatic ring is 1. The van der Waals surface area contributed by atoms with Gasteiger partial charge in [0.1, 0.15) is 0 Å². The van der Waals surface area contributed by atoms with E-state index in [1.54, 1.807) is 0 Å². The lowest BCUT2D eigenvalue weighted by atomic mass is 9.85. The van der Waals surface area contributed by atoms with Crippen LogP contribution in [0.5, 0.6) is 0 Å². The van der Waals surface area contributed by atoms with E-state index < -0.39 is 0 Å². The van der Waals surface area contributed by atoms with Crippen LogP contribution in [0, 0.1) is 5.92 Å². The van der Waals surface area contributed by atoms with Crippen molar-refractivity contribution in [3.8, 4) is 0 Å². The lowest BCUT2D eigenvalue weighted by molar-refractivity contribution is -0.119. The third kappa shape index (κ3) is 3.47. The predicted octanol–water partition coefficient (Wildman–Crippen LogP) is 1.36. The first kappa shape index (κ1) is 12.9. The number of primary amides is 1. The Kier molecular flexibility index (Phi) is 4.20. The molecule has 2 rings (SSSR count). The molecule has 0 radical (unpaired) electrons. The summed E-state index contributed by atoms with van der Waals surface area (Å²) in [5.41, 5.74) is 13.1. The van der Waals surface area contributed by atoms with Gasteiger partial charge in [0.2, 0.25) is 5.91 Å². The van der Waals surface area contributed by atoms with Crippen molar-refractivity contribution in [2.45, 2.75) is 25.8 Å². The molecule has 0 saturated heterocycles. The van der Waals surface area contributed by atoms with Gasteiger partial charge in [-0.3, -0.25) is 9.69 Å². The molecule has 98 valence electrons. The van der Waals surface area contributed by atoms with E-state index >= 15 is 0 Å². The Labute approximate surface area is 108 Å². The number of amides is 1. The zero-order chi connectivity index (χ0) is 13.0. The summed E-state index contributed by atoms with van der Waals surface area (Å²) in [5.74, 6) is 0.443. The summed E-state index contributed by atoms with van der Waals surface area (Å²) in [6.07, 6.45) is 3.83. The van der Waals surface area contributed by atoms with Crippen LogP contribution in [0.15, 0.2) is 24.3 Å². The van der Waals surface area contributed by atoms with E-state index in [2.05, 4.69) is 4.90 Å². The summed E-state index contributed by atoms with van der Waals surface area (Å²) >= 11 is 0. The minimum atomic E-state index is -0.274. The molecule has 1 aliphatic carbocycles. The summed E-state index contributed by atoms with van der Waals surface area (Å²) in [7, 11) is 0. The fraction of sp³-hybridized carbons (Fsp3) is 0.500. The van der Waals surface area contributed by atoms with Crippen molar-refractivity contribution in [2.24, 2.45) is 11.7 Å². The van der Waals surface area contributed by atoms with Gasteiger partial charge >= 0.3 is 0 Å². The number of para-hydroxylation sites is 1. The largest absolute Gasteiger partial charge is 0.398 e. The lowest BCUT2D eigenvalue weighted by Gasteiger charge is -2.32. The molecule has 0 heterocycles. The SMILES string of the molecule is NC(=O)CN(Cc1ccccc1N)CC1CCC1. The molecule has 1 aromatic carbocycles. The molecular weight excluding hydrogens is 226 g/mol. The number of rotatable bonds is 6. The number of hydrogen-bond donors (Lipinski definition) is 2. The molecule has 4 nitrogen and oxygen atoms in total. The maximum absolute atomic E-state index is 11.1. The fourth-order valence-corrected chi connectivity index (χ4v) is 2.37. The number of benzene rings is 1. The topological polar surface area (TPSA) is 72.4 Å². The van der Waals surface area contributed by atoms with Crippen LogP contribution in [0.4, 0.5) is 5.69 Å². The smallest absolute Gasteiger partial charge is 0.231 e. The molecule has 0 spiro atoms. The molecule has 1 fully saturated rings. The van der Waals surface area contributed by atoms with Gasteiger partial charge in [0, 0.05) is 18.8 Å².